The van der Waals surface area contributed by atoms with Crippen LogP contribution < -0.4 is 10.1 Å². The Bertz CT molecular complexity index is 790. The summed E-state index contributed by atoms with van der Waals surface area (Å²) in [7, 11) is 0. The number of carbonyl (C=O) groups excluding carboxylic acids is 1. The van der Waals surface area contributed by atoms with Crippen LogP contribution in [0.4, 0.5) is 5.69 Å². The Morgan fingerprint density at radius 1 is 1.25 bits per heavy atom. The zero-order chi connectivity index (χ0) is 17.5. The normalized spacial score (nSPS) is 11.0. The first-order chi connectivity index (χ1) is 11.5. The molecule has 4 nitrogen and oxygen atoms in total. The van der Waals surface area contributed by atoms with Gasteiger partial charge in [-0.1, -0.05) is 29.8 Å². The lowest BCUT2D eigenvalue weighted by Crippen LogP contribution is -2.13. The van der Waals surface area contributed by atoms with Crippen molar-refractivity contribution in [3.63, 3.8) is 0 Å². The topological polar surface area (TPSA) is 62.1 Å². The predicted octanol–water partition coefficient (Wildman–Crippen LogP) is 4.67. The Hall–Kier alpha value is -2.77. The van der Waals surface area contributed by atoms with Crippen molar-refractivity contribution >= 4 is 29.3 Å². The van der Waals surface area contributed by atoms with Gasteiger partial charge in [0.2, 0.25) is 0 Å². The summed E-state index contributed by atoms with van der Waals surface area (Å²) in [6.07, 6.45) is 1.55. The lowest BCUT2D eigenvalue weighted by atomic mass is 10.1. The average Bonchev–Trinajstić information content (AvgIpc) is 2.54. The van der Waals surface area contributed by atoms with Gasteiger partial charge in [0.25, 0.3) is 5.91 Å². The molecule has 0 atom stereocenters. The molecule has 0 spiro atoms. The fourth-order valence-corrected chi connectivity index (χ4v) is 2.12. The number of hydrogen-bond acceptors (Lipinski definition) is 3. The average molecular weight is 341 g/mol. The highest BCUT2D eigenvalue weighted by atomic mass is 35.5. The van der Waals surface area contributed by atoms with Crippen molar-refractivity contribution in [1.82, 2.24) is 0 Å². The summed E-state index contributed by atoms with van der Waals surface area (Å²) in [6, 6.07) is 15.8. The molecule has 0 heterocycles. The minimum Gasteiger partial charge on any atom is -0.491 e. The van der Waals surface area contributed by atoms with E-state index in [1.807, 2.05) is 26.0 Å². The summed E-state index contributed by atoms with van der Waals surface area (Å²) >= 11 is 5.83. The number of nitriles is 1. The molecule has 0 fully saturated rings. The molecular formula is C19H17ClN2O2. The molecule has 0 aliphatic carbocycles. The highest BCUT2D eigenvalue weighted by molar-refractivity contribution is 6.30. The second-order valence-corrected chi connectivity index (χ2v) is 5.81. The lowest BCUT2D eigenvalue weighted by Gasteiger charge is -2.11. The van der Waals surface area contributed by atoms with Gasteiger partial charge in [-0.15, -0.1) is 0 Å². The Morgan fingerprint density at radius 3 is 2.58 bits per heavy atom. The standard InChI is InChI=1S/C19H17ClN2O2/c1-13(2)24-18-5-3-4-17(11-18)22-19(23)15(12-21)10-14-6-8-16(20)9-7-14/h3-11,13H,1-2H3,(H,22,23)/b15-10-. The third-order valence-electron chi connectivity index (χ3n) is 3.01. The number of nitrogens with one attached hydrogen (secondary N) is 1. The smallest absolute Gasteiger partial charge is 0.266 e. The van der Waals surface area contributed by atoms with Crippen LogP contribution in [0.5, 0.6) is 5.75 Å². The van der Waals surface area contributed by atoms with Gasteiger partial charge in [-0.25, -0.2) is 0 Å². The van der Waals surface area contributed by atoms with Gasteiger partial charge >= 0.3 is 0 Å². The highest BCUT2D eigenvalue weighted by Gasteiger charge is 2.10. The molecule has 0 aliphatic rings. The summed E-state index contributed by atoms with van der Waals surface area (Å²) in [6.45, 7) is 3.85. The summed E-state index contributed by atoms with van der Waals surface area (Å²) < 4.78 is 5.59. The van der Waals surface area contributed by atoms with Crippen LogP contribution in [0, 0.1) is 11.3 Å². The molecule has 1 N–H and O–H groups in total. The molecule has 0 saturated carbocycles. The van der Waals surface area contributed by atoms with E-state index in [0.717, 1.165) is 5.56 Å². The lowest BCUT2D eigenvalue weighted by molar-refractivity contribution is -0.112. The van der Waals surface area contributed by atoms with Gasteiger partial charge in [0.15, 0.2) is 0 Å². The first-order valence-electron chi connectivity index (χ1n) is 7.43. The zero-order valence-corrected chi connectivity index (χ0v) is 14.2. The number of rotatable bonds is 5. The van der Waals surface area contributed by atoms with E-state index >= 15 is 0 Å². The Balaban J connectivity index is 2.15. The summed E-state index contributed by atoms with van der Waals surface area (Å²) in [5.74, 6) is 0.178. The van der Waals surface area contributed by atoms with Crippen LogP contribution in [0.3, 0.4) is 0 Å². The number of ether oxygens (including phenoxy) is 1. The number of nitrogens with zero attached hydrogens (tertiary/aromatic N) is 1. The van der Waals surface area contributed by atoms with Crippen LogP contribution in [0.2, 0.25) is 5.02 Å². The molecule has 0 unspecified atom stereocenters. The highest BCUT2D eigenvalue weighted by Crippen LogP contribution is 2.19. The van der Waals surface area contributed by atoms with E-state index in [0.29, 0.717) is 16.5 Å². The molecule has 0 aliphatic heterocycles. The van der Waals surface area contributed by atoms with Gasteiger partial charge in [-0.3, -0.25) is 4.79 Å². The maximum Gasteiger partial charge on any atom is 0.266 e. The minimum absolute atomic E-state index is 0.00695. The van der Waals surface area contributed by atoms with Crippen molar-refractivity contribution < 1.29 is 9.53 Å². The van der Waals surface area contributed by atoms with E-state index in [2.05, 4.69) is 5.32 Å². The van der Waals surface area contributed by atoms with Gasteiger partial charge in [0.1, 0.15) is 17.4 Å². The van der Waals surface area contributed by atoms with Crippen LogP contribution in [0.1, 0.15) is 19.4 Å². The van der Waals surface area contributed by atoms with Crippen molar-refractivity contribution in [3.8, 4) is 11.8 Å². The molecule has 0 aromatic heterocycles. The van der Waals surface area contributed by atoms with Crippen LogP contribution in [0.15, 0.2) is 54.1 Å². The molecule has 2 aromatic rings. The summed E-state index contributed by atoms with van der Waals surface area (Å²) in [5.41, 5.74) is 1.30. The number of benzene rings is 2. The van der Waals surface area contributed by atoms with Gasteiger partial charge in [-0.2, -0.15) is 5.26 Å². The molecular weight excluding hydrogens is 324 g/mol. The quantitative estimate of drug-likeness (QED) is 0.635. The third-order valence-corrected chi connectivity index (χ3v) is 3.26. The van der Waals surface area contributed by atoms with Crippen molar-refractivity contribution in [1.29, 1.82) is 5.26 Å². The number of amides is 1. The van der Waals surface area contributed by atoms with Crippen molar-refractivity contribution in [2.75, 3.05) is 5.32 Å². The zero-order valence-electron chi connectivity index (χ0n) is 13.4. The maximum atomic E-state index is 12.3. The molecule has 0 bridgehead atoms. The number of anilines is 1. The van der Waals surface area contributed by atoms with Crippen LogP contribution in [-0.4, -0.2) is 12.0 Å². The molecule has 0 radical (unpaired) electrons. The minimum atomic E-state index is -0.478. The molecule has 24 heavy (non-hydrogen) atoms. The Labute approximate surface area is 146 Å². The van der Waals surface area contributed by atoms with Gasteiger partial charge in [-0.05, 0) is 49.8 Å². The third kappa shape index (κ3) is 5.15. The predicted molar refractivity (Wildman–Crippen MR) is 95.9 cm³/mol. The number of halogens is 1. The fraction of sp³-hybridized carbons (Fsp3) is 0.158. The van der Waals surface area contributed by atoms with Crippen molar-refractivity contribution in [2.24, 2.45) is 0 Å². The molecule has 122 valence electrons. The molecule has 2 aromatic carbocycles. The maximum absolute atomic E-state index is 12.3. The van der Waals surface area contributed by atoms with E-state index in [1.165, 1.54) is 6.08 Å². The van der Waals surface area contributed by atoms with Crippen molar-refractivity contribution in [2.45, 2.75) is 20.0 Å². The van der Waals surface area contributed by atoms with E-state index in [9.17, 15) is 10.1 Å². The van der Waals surface area contributed by atoms with Crippen LogP contribution in [-0.2, 0) is 4.79 Å². The number of hydrogen-bond donors (Lipinski definition) is 1. The molecule has 5 heteroatoms. The first-order valence-corrected chi connectivity index (χ1v) is 7.81. The monoisotopic (exact) mass is 340 g/mol. The fourth-order valence-electron chi connectivity index (χ4n) is 1.99. The number of carbonyl (C=O) groups is 1. The molecule has 2 rings (SSSR count). The van der Waals surface area contributed by atoms with E-state index in [-0.39, 0.29) is 11.7 Å². The first kappa shape index (κ1) is 17.6. The molecule has 1 amide bonds. The van der Waals surface area contributed by atoms with E-state index < -0.39 is 5.91 Å². The van der Waals surface area contributed by atoms with Crippen molar-refractivity contribution in [3.05, 3.63) is 64.7 Å². The molecule has 0 saturated heterocycles. The van der Waals surface area contributed by atoms with E-state index in [4.69, 9.17) is 16.3 Å². The van der Waals surface area contributed by atoms with Gasteiger partial charge < -0.3 is 10.1 Å². The van der Waals surface area contributed by atoms with Gasteiger partial charge in [0.05, 0.1) is 6.10 Å². The SMILES string of the molecule is CC(C)Oc1cccc(NC(=O)/C(C#N)=C\c2ccc(Cl)cc2)c1. The van der Waals surface area contributed by atoms with Gasteiger partial charge in [0, 0.05) is 16.8 Å². The largest absolute Gasteiger partial charge is 0.491 e. The Morgan fingerprint density at radius 2 is 1.96 bits per heavy atom. The second-order valence-electron chi connectivity index (χ2n) is 5.37. The summed E-state index contributed by atoms with van der Waals surface area (Å²) in [4.78, 5) is 12.3. The van der Waals surface area contributed by atoms with E-state index in [1.54, 1.807) is 42.5 Å². The summed E-state index contributed by atoms with van der Waals surface area (Å²) in [5, 5.41) is 12.5. The second kappa shape index (κ2) is 8.19. The van der Waals surface area contributed by atoms with Crippen LogP contribution >= 0.6 is 11.6 Å². The Kier molecular flexibility index (Phi) is 6.00. The van der Waals surface area contributed by atoms with Crippen LogP contribution in [0.25, 0.3) is 6.08 Å².